The standard InChI is InChI=1S/C15H21NO2/c1-3-15(17)13-8-9-16(11-13)10-12-4-6-14(18-2)7-5-12/h4-7,13H,3,8-11H2,1-2H3. The molecule has 1 atom stereocenters. The van der Waals surface area contributed by atoms with E-state index >= 15 is 0 Å². The molecule has 3 heteroatoms. The Morgan fingerprint density at radius 1 is 1.39 bits per heavy atom. The summed E-state index contributed by atoms with van der Waals surface area (Å²) in [6.45, 7) is 4.83. The molecule has 18 heavy (non-hydrogen) atoms. The number of ether oxygens (including phenoxy) is 1. The largest absolute Gasteiger partial charge is 0.497 e. The van der Waals surface area contributed by atoms with Gasteiger partial charge in [0.05, 0.1) is 7.11 Å². The molecule has 0 spiro atoms. The summed E-state index contributed by atoms with van der Waals surface area (Å²) in [4.78, 5) is 14.0. The first kappa shape index (κ1) is 13.1. The maximum atomic E-state index is 11.7. The third-order valence-corrected chi connectivity index (χ3v) is 3.64. The molecule has 1 aliphatic heterocycles. The molecule has 0 saturated carbocycles. The summed E-state index contributed by atoms with van der Waals surface area (Å²) >= 11 is 0. The number of ketones is 1. The van der Waals surface area contributed by atoms with E-state index in [1.807, 2.05) is 19.1 Å². The predicted molar refractivity (Wildman–Crippen MR) is 71.7 cm³/mol. The monoisotopic (exact) mass is 247 g/mol. The van der Waals surface area contributed by atoms with E-state index in [-0.39, 0.29) is 5.92 Å². The number of hydrogen-bond acceptors (Lipinski definition) is 3. The van der Waals surface area contributed by atoms with Gasteiger partial charge >= 0.3 is 0 Å². The molecule has 1 unspecified atom stereocenters. The molecule has 0 radical (unpaired) electrons. The number of rotatable bonds is 5. The van der Waals surface area contributed by atoms with E-state index in [9.17, 15) is 4.79 Å². The first-order chi connectivity index (χ1) is 8.72. The molecule has 1 aromatic carbocycles. The molecule has 0 aromatic heterocycles. The van der Waals surface area contributed by atoms with Gasteiger partial charge in [0.15, 0.2) is 0 Å². The summed E-state index contributed by atoms with van der Waals surface area (Å²) in [5, 5.41) is 0. The number of hydrogen-bond donors (Lipinski definition) is 0. The molecule has 0 aliphatic carbocycles. The van der Waals surface area contributed by atoms with Gasteiger partial charge in [0, 0.05) is 25.4 Å². The highest BCUT2D eigenvalue weighted by molar-refractivity contribution is 5.81. The van der Waals surface area contributed by atoms with Crippen molar-refractivity contribution in [3.63, 3.8) is 0 Å². The number of carbonyl (C=O) groups excluding carboxylic acids is 1. The lowest BCUT2D eigenvalue weighted by Gasteiger charge is -2.15. The Balaban J connectivity index is 1.89. The smallest absolute Gasteiger partial charge is 0.137 e. The van der Waals surface area contributed by atoms with E-state index in [1.54, 1.807) is 7.11 Å². The van der Waals surface area contributed by atoms with E-state index in [0.29, 0.717) is 12.2 Å². The van der Waals surface area contributed by atoms with Crippen LogP contribution in [0.15, 0.2) is 24.3 Å². The van der Waals surface area contributed by atoms with Crippen LogP contribution in [0.5, 0.6) is 5.75 Å². The molecule has 98 valence electrons. The van der Waals surface area contributed by atoms with Crippen LogP contribution in [-0.2, 0) is 11.3 Å². The van der Waals surface area contributed by atoms with Crippen LogP contribution in [0, 0.1) is 5.92 Å². The maximum Gasteiger partial charge on any atom is 0.137 e. The Morgan fingerprint density at radius 3 is 2.72 bits per heavy atom. The maximum absolute atomic E-state index is 11.7. The number of carbonyl (C=O) groups is 1. The van der Waals surface area contributed by atoms with Crippen molar-refractivity contribution in [2.24, 2.45) is 5.92 Å². The molecule has 3 nitrogen and oxygen atoms in total. The van der Waals surface area contributed by atoms with Crippen molar-refractivity contribution in [1.29, 1.82) is 0 Å². The zero-order chi connectivity index (χ0) is 13.0. The van der Waals surface area contributed by atoms with Gasteiger partial charge in [-0.1, -0.05) is 19.1 Å². The van der Waals surface area contributed by atoms with Crippen LogP contribution in [-0.4, -0.2) is 30.9 Å². The van der Waals surface area contributed by atoms with Gasteiger partial charge in [0.1, 0.15) is 11.5 Å². The summed E-state index contributed by atoms with van der Waals surface area (Å²) in [6, 6.07) is 8.15. The quantitative estimate of drug-likeness (QED) is 0.800. The molecule has 1 heterocycles. The first-order valence-electron chi connectivity index (χ1n) is 6.61. The average Bonchev–Trinajstić information content (AvgIpc) is 2.87. The third-order valence-electron chi connectivity index (χ3n) is 3.64. The summed E-state index contributed by atoms with van der Waals surface area (Å²) in [6.07, 6.45) is 1.68. The van der Waals surface area contributed by atoms with Gasteiger partial charge < -0.3 is 4.74 Å². The summed E-state index contributed by atoms with van der Waals surface area (Å²) in [5.74, 6) is 1.56. The van der Waals surface area contributed by atoms with Gasteiger partial charge in [-0.05, 0) is 30.7 Å². The second-order valence-corrected chi connectivity index (χ2v) is 4.89. The molecular weight excluding hydrogens is 226 g/mol. The third kappa shape index (κ3) is 3.10. The fraction of sp³-hybridized carbons (Fsp3) is 0.533. The molecule has 1 aliphatic rings. The molecule has 1 aromatic rings. The predicted octanol–water partition coefficient (Wildman–Crippen LogP) is 2.50. The van der Waals surface area contributed by atoms with Crippen molar-refractivity contribution in [2.75, 3.05) is 20.2 Å². The fourth-order valence-electron chi connectivity index (χ4n) is 2.52. The number of Topliss-reactive ketones (excluding diaryl/α,β-unsaturated/α-hetero) is 1. The number of nitrogens with zero attached hydrogens (tertiary/aromatic N) is 1. The molecule has 1 saturated heterocycles. The van der Waals surface area contributed by atoms with E-state index < -0.39 is 0 Å². The highest BCUT2D eigenvalue weighted by Crippen LogP contribution is 2.21. The van der Waals surface area contributed by atoms with E-state index in [0.717, 1.165) is 31.8 Å². The SMILES string of the molecule is CCC(=O)C1CCN(Cc2ccc(OC)cc2)C1. The fourth-order valence-corrected chi connectivity index (χ4v) is 2.52. The highest BCUT2D eigenvalue weighted by Gasteiger charge is 2.26. The Bertz CT molecular complexity index is 399. The van der Waals surface area contributed by atoms with Crippen LogP contribution in [0.4, 0.5) is 0 Å². The van der Waals surface area contributed by atoms with Gasteiger partial charge in [0.2, 0.25) is 0 Å². The summed E-state index contributed by atoms with van der Waals surface area (Å²) in [7, 11) is 1.68. The van der Waals surface area contributed by atoms with Crippen LogP contribution in [0.25, 0.3) is 0 Å². The zero-order valence-corrected chi connectivity index (χ0v) is 11.2. The minimum atomic E-state index is 0.258. The van der Waals surface area contributed by atoms with E-state index in [2.05, 4.69) is 17.0 Å². The van der Waals surface area contributed by atoms with Crippen molar-refractivity contribution in [3.8, 4) is 5.75 Å². The first-order valence-corrected chi connectivity index (χ1v) is 6.61. The Kier molecular flexibility index (Phi) is 4.37. The number of likely N-dealkylation sites (tertiary alicyclic amines) is 1. The Hall–Kier alpha value is -1.35. The Labute approximate surface area is 109 Å². The van der Waals surface area contributed by atoms with Crippen molar-refractivity contribution >= 4 is 5.78 Å². The van der Waals surface area contributed by atoms with Crippen molar-refractivity contribution in [1.82, 2.24) is 4.90 Å². The highest BCUT2D eigenvalue weighted by atomic mass is 16.5. The van der Waals surface area contributed by atoms with Gasteiger partial charge in [0.25, 0.3) is 0 Å². The summed E-state index contributed by atoms with van der Waals surface area (Å²) in [5.41, 5.74) is 1.28. The minimum Gasteiger partial charge on any atom is -0.497 e. The van der Waals surface area contributed by atoms with Crippen LogP contribution < -0.4 is 4.74 Å². The molecule has 0 bridgehead atoms. The summed E-state index contributed by atoms with van der Waals surface area (Å²) < 4.78 is 5.14. The van der Waals surface area contributed by atoms with Gasteiger partial charge in [-0.25, -0.2) is 0 Å². The molecule has 0 N–H and O–H groups in total. The second-order valence-electron chi connectivity index (χ2n) is 4.89. The number of benzene rings is 1. The molecule has 2 rings (SSSR count). The zero-order valence-electron chi connectivity index (χ0n) is 11.2. The average molecular weight is 247 g/mol. The topological polar surface area (TPSA) is 29.5 Å². The molecule has 1 fully saturated rings. The lowest BCUT2D eigenvalue weighted by atomic mass is 10.0. The molecular formula is C15H21NO2. The van der Waals surface area contributed by atoms with Crippen molar-refractivity contribution < 1.29 is 9.53 Å². The molecule has 0 amide bonds. The van der Waals surface area contributed by atoms with Gasteiger partial charge in [-0.2, -0.15) is 0 Å². The van der Waals surface area contributed by atoms with Crippen LogP contribution >= 0.6 is 0 Å². The van der Waals surface area contributed by atoms with Crippen LogP contribution in [0.3, 0.4) is 0 Å². The van der Waals surface area contributed by atoms with Gasteiger partial charge in [-0.15, -0.1) is 0 Å². The van der Waals surface area contributed by atoms with Crippen LogP contribution in [0.2, 0.25) is 0 Å². The lowest BCUT2D eigenvalue weighted by Crippen LogP contribution is -2.22. The Morgan fingerprint density at radius 2 is 2.11 bits per heavy atom. The minimum absolute atomic E-state index is 0.258. The lowest BCUT2D eigenvalue weighted by molar-refractivity contribution is -0.122. The van der Waals surface area contributed by atoms with Crippen molar-refractivity contribution in [3.05, 3.63) is 29.8 Å². The van der Waals surface area contributed by atoms with Crippen molar-refractivity contribution in [2.45, 2.75) is 26.3 Å². The second kappa shape index (κ2) is 6.01. The van der Waals surface area contributed by atoms with E-state index in [4.69, 9.17) is 4.74 Å². The normalized spacial score (nSPS) is 20.0. The van der Waals surface area contributed by atoms with E-state index in [1.165, 1.54) is 5.56 Å². The van der Waals surface area contributed by atoms with Crippen LogP contribution in [0.1, 0.15) is 25.3 Å². The van der Waals surface area contributed by atoms with Gasteiger partial charge in [-0.3, -0.25) is 9.69 Å². The number of methoxy groups -OCH3 is 1.